The minimum Gasteiger partial charge on any atom is -0.377 e. The van der Waals surface area contributed by atoms with E-state index in [4.69, 9.17) is 6.42 Å². The zero-order chi connectivity index (χ0) is 14.6. The second kappa shape index (κ2) is 4.54. The van der Waals surface area contributed by atoms with Gasteiger partial charge in [0.1, 0.15) is 0 Å². The second-order valence-electron chi connectivity index (χ2n) is 7.97. The molecule has 21 heavy (non-hydrogen) atoms. The topological polar surface area (TPSA) is 3.24 Å². The van der Waals surface area contributed by atoms with E-state index in [-0.39, 0.29) is 0 Å². The average molecular weight is 279 g/mol. The van der Waals surface area contributed by atoms with E-state index in [2.05, 4.69) is 43.1 Å². The molecule has 0 unspecified atom stereocenters. The van der Waals surface area contributed by atoms with Crippen molar-refractivity contribution in [3.8, 4) is 12.3 Å². The van der Waals surface area contributed by atoms with Crippen LogP contribution in [0.5, 0.6) is 0 Å². The summed E-state index contributed by atoms with van der Waals surface area (Å²) in [5, 5.41) is 0. The maximum Gasteiger partial charge on any atom is 0.0400 e. The Morgan fingerprint density at radius 2 is 1.62 bits per heavy atom. The fraction of sp³-hybridized carbons (Fsp3) is 0.600. The lowest BCUT2D eigenvalue weighted by molar-refractivity contribution is -0.00495. The van der Waals surface area contributed by atoms with Crippen molar-refractivity contribution in [2.45, 2.75) is 43.9 Å². The molecule has 0 aromatic heterocycles. The third kappa shape index (κ3) is 2.00. The van der Waals surface area contributed by atoms with Gasteiger partial charge in [-0.1, -0.05) is 5.92 Å². The van der Waals surface area contributed by atoms with Gasteiger partial charge in [0, 0.05) is 25.3 Å². The van der Waals surface area contributed by atoms with Crippen LogP contribution in [0.2, 0.25) is 0 Å². The predicted molar refractivity (Wildman–Crippen MR) is 88.6 cm³/mol. The Labute approximate surface area is 128 Å². The van der Waals surface area contributed by atoms with Gasteiger partial charge in [0.05, 0.1) is 0 Å². The number of hydrogen-bond donors (Lipinski definition) is 0. The van der Waals surface area contributed by atoms with Gasteiger partial charge in [-0.05, 0) is 85.5 Å². The molecule has 0 N–H and O–H groups in total. The molecule has 0 heterocycles. The summed E-state index contributed by atoms with van der Waals surface area (Å²) in [6.07, 6.45) is 14.3. The van der Waals surface area contributed by atoms with Crippen molar-refractivity contribution in [2.24, 2.45) is 17.8 Å². The number of terminal acetylenes is 1. The molecule has 4 fully saturated rings. The molecule has 1 aromatic rings. The van der Waals surface area contributed by atoms with Crippen LogP contribution in [0, 0.1) is 30.1 Å². The Morgan fingerprint density at radius 1 is 1.05 bits per heavy atom. The number of benzene rings is 1. The van der Waals surface area contributed by atoms with Crippen molar-refractivity contribution < 1.29 is 0 Å². The molecule has 1 aromatic carbocycles. The lowest BCUT2D eigenvalue weighted by Gasteiger charge is -2.57. The fourth-order valence-electron chi connectivity index (χ4n) is 5.88. The van der Waals surface area contributed by atoms with Gasteiger partial charge in [0.25, 0.3) is 0 Å². The van der Waals surface area contributed by atoms with Crippen LogP contribution < -0.4 is 4.90 Å². The first-order valence-electron chi connectivity index (χ1n) is 8.38. The van der Waals surface area contributed by atoms with Crippen molar-refractivity contribution in [1.82, 2.24) is 0 Å². The first kappa shape index (κ1) is 13.3. The van der Waals surface area contributed by atoms with Crippen LogP contribution >= 0.6 is 0 Å². The minimum atomic E-state index is 0.418. The number of hydrogen-bond acceptors (Lipinski definition) is 1. The van der Waals surface area contributed by atoms with Gasteiger partial charge < -0.3 is 4.90 Å². The van der Waals surface area contributed by atoms with Gasteiger partial charge in [-0.25, -0.2) is 0 Å². The third-order valence-electron chi connectivity index (χ3n) is 6.25. The van der Waals surface area contributed by atoms with Gasteiger partial charge in [-0.3, -0.25) is 0 Å². The minimum absolute atomic E-state index is 0.418. The number of rotatable bonds is 2. The van der Waals surface area contributed by atoms with Crippen molar-refractivity contribution in [1.29, 1.82) is 0 Å². The van der Waals surface area contributed by atoms with Gasteiger partial charge in [-0.15, -0.1) is 6.42 Å². The summed E-state index contributed by atoms with van der Waals surface area (Å²) in [6.45, 7) is 0. The molecule has 5 rings (SSSR count). The molecule has 1 heteroatoms. The van der Waals surface area contributed by atoms with Gasteiger partial charge in [0.2, 0.25) is 0 Å². The van der Waals surface area contributed by atoms with Gasteiger partial charge in [0.15, 0.2) is 0 Å². The van der Waals surface area contributed by atoms with E-state index in [1.54, 1.807) is 5.56 Å². The van der Waals surface area contributed by atoms with E-state index >= 15 is 0 Å². The molecule has 1 nitrogen and oxygen atoms in total. The molecule has 4 aliphatic rings. The standard InChI is InChI=1S/C20H25N/c1-4-14-5-6-19(21(2)3)18(10-14)20-11-15-7-16(12-20)9-17(8-15)13-20/h1,5-6,10,15-17H,7-9,11-13H2,2-3H3. The maximum atomic E-state index is 5.67. The van der Waals surface area contributed by atoms with Gasteiger partial charge in [-0.2, -0.15) is 0 Å². The first-order chi connectivity index (χ1) is 10.1. The average Bonchev–Trinajstić information content (AvgIpc) is 2.45. The summed E-state index contributed by atoms with van der Waals surface area (Å²) < 4.78 is 0. The highest BCUT2D eigenvalue weighted by Gasteiger charge is 2.52. The Hall–Kier alpha value is -1.42. The fourth-order valence-corrected chi connectivity index (χ4v) is 5.88. The van der Waals surface area contributed by atoms with Crippen LogP contribution in [-0.4, -0.2) is 14.1 Å². The summed E-state index contributed by atoms with van der Waals surface area (Å²) in [4.78, 5) is 2.27. The summed E-state index contributed by atoms with van der Waals surface area (Å²) in [6, 6.07) is 6.66. The highest BCUT2D eigenvalue weighted by molar-refractivity contribution is 5.60. The summed E-state index contributed by atoms with van der Waals surface area (Å²) in [5.41, 5.74) is 4.39. The lowest BCUT2D eigenvalue weighted by Crippen LogP contribution is -2.49. The largest absolute Gasteiger partial charge is 0.377 e. The monoisotopic (exact) mass is 279 g/mol. The van der Waals surface area contributed by atoms with Crippen molar-refractivity contribution in [3.05, 3.63) is 29.3 Å². The molecule has 0 radical (unpaired) electrons. The summed E-state index contributed by atoms with van der Waals surface area (Å²) in [5.74, 6) is 5.77. The Morgan fingerprint density at radius 3 is 2.10 bits per heavy atom. The number of anilines is 1. The highest BCUT2D eigenvalue weighted by atomic mass is 15.1. The van der Waals surface area contributed by atoms with Crippen LogP contribution in [0.3, 0.4) is 0 Å². The van der Waals surface area contributed by atoms with Crippen LogP contribution in [-0.2, 0) is 5.41 Å². The quantitative estimate of drug-likeness (QED) is 0.733. The molecular formula is C20H25N. The van der Waals surface area contributed by atoms with E-state index in [1.165, 1.54) is 44.2 Å². The molecule has 0 amide bonds. The first-order valence-corrected chi connectivity index (χ1v) is 8.38. The van der Waals surface area contributed by atoms with E-state index in [0.717, 1.165) is 23.3 Å². The normalized spacial score (nSPS) is 36.5. The van der Waals surface area contributed by atoms with Crippen LogP contribution in [0.15, 0.2) is 18.2 Å². The maximum absolute atomic E-state index is 5.67. The third-order valence-corrected chi connectivity index (χ3v) is 6.25. The zero-order valence-corrected chi connectivity index (χ0v) is 13.2. The van der Waals surface area contributed by atoms with Crippen LogP contribution in [0.1, 0.15) is 49.7 Å². The molecule has 4 saturated carbocycles. The molecule has 0 aliphatic heterocycles. The predicted octanol–water partition coefficient (Wildman–Crippen LogP) is 4.20. The van der Waals surface area contributed by atoms with E-state index in [0.29, 0.717) is 5.41 Å². The lowest BCUT2D eigenvalue weighted by atomic mass is 9.48. The van der Waals surface area contributed by atoms with E-state index < -0.39 is 0 Å². The second-order valence-corrected chi connectivity index (χ2v) is 7.97. The van der Waals surface area contributed by atoms with E-state index in [9.17, 15) is 0 Å². The molecule has 0 atom stereocenters. The van der Waals surface area contributed by atoms with E-state index in [1.807, 2.05) is 0 Å². The zero-order valence-electron chi connectivity index (χ0n) is 13.2. The smallest absolute Gasteiger partial charge is 0.0400 e. The molecular weight excluding hydrogens is 254 g/mol. The number of nitrogens with zero attached hydrogens (tertiary/aromatic N) is 1. The SMILES string of the molecule is C#Cc1ccc(N(C)C)c(C23CC4CC(CC(C4)C2)C3)c1. The molecule has 110 valence electrons. The molecule has 4 bridgehead atoms. The Bertz CT molecular complexity index is 569. The van der Waals surface area contributed by atoms with Crippen molar-refractivity contribution >= 4 is 5.69 Å². The van der Waals surface area contributed by atoms with Crippen molar-refractivity contribution in [3.63, 3.8) is 0 Å². The highest BCUT2D eigenvalue weighted by Crippen LogP contribution is 2.61. The molecule has 4 aliphatic carbocycles. The molecule has 0 spiro atoms. The summed E-state index contributed by atoms with van der Waals surface area (Å²) in [7, 11) is 4.32. The Balaban J connectivity index is 1.84. The van der Waals surface area contributed by atoms with Crippen LogP contribution in [0.4, 0.5) is 5.69 Å². The van der Waals surface area contributed by atoms with Crippen molar-refractivity contribution in [2.75, 3.05) is 19.0 Å². The van der Waals surface area contributed by atoms with Crippen LogP contribution in [0.25, 0.3) is 0 Å². The summed E-state index contributed by atoms with van der Waals surface area (Å²) >= 11 is 0. The van der Waals surface area contributed by atoms with Gasteiger partial charge >= 0.3 is 0 Å². The molecule has 0 saturated heterocycles. The Kier molecular flexibility index (Phi) is 2.86.